The van der Waals surface area contributed by atoms with E-state index < -0.39 is 17.4 Å². The summed E-state index contributed by atoms with van der Waals surface area (Å²) in [6, 6.07) is 3.29. The van der Waals surface area contributed by atoms with Gasteiger partial charge < -0.3 is 29.3 Å². The Bertz CT molecular complexity index is 1220. The van der Waals surface area contributed by atoms with Crippen molar-refractivity contribution >= 4 is 29.8 Å². The van der Waals surface area contributed by atoms with Gasteiger partial charge in [-0.25, -0.2) is 4.79 Å². The second kappa shape index (κ2) is 12.6. The molecule has 214 valence electrons. The molecule has 0 unspecified atom stereocenters. The highest BCUT2D eigenvalue weighted by Gasteiger charge is 2.29. The highest BCUT2D eigenvalue weighted by Crippen LogP contribution is 2.37. The van der Waals surface area contributed by atoms with Gasteiger partial charge in [0.2, 0.25) is 6.79 Å². The number of likely N-dealkylation sites (tertiary alicyclic amines) is 3. The molecule has 10 heteroatoms. The molecule has 1 N–H and O–H groups in total. The van der Waals surface area contributed by atoms with Crippen molar-refractivity contribution in [1.82, 2.24) is 14.7 Å². The van der Waals surface area contributed by atoms with Crippen molar-refractivity contribution in [2.75, 3.05) is 46.1 Å². The zero-order chi connectivity index (χ0) is 28.1. The number of carboxylic acid groups (broad SMARTS) is 1. The van der Waals surface area contributed by atoms with E-state index in [4.69, 9.17) is 9.47 Å². The van der Waals surface area contributed by atoms with Gasteiger partial charge in [-0.05, 0) is 87.6 Å². The van der Waals surface area contributed by atoms with Crippen LogP contribution in [0.4, 0.5) is 0 Å². The maximum Gasteiger partial charge on any atom is 0.341 e. The number of rotatable bonds is 6. The number of nitrogens with zero attached hydrogens (tertiary/aromatic N) is 3. The Morgan fingerprint density at radius 1 is 0.675 bits per heavy atom. The van der Waals surface area contributed by atoms with Crippen LogP contribution in [0.5, 0.6) is 11.5 Å². The standard InChI is InChI=1S/C30H37N3O7/c34-27(31-10-4-1-5-11-31)22(17-24(30(37)38)29(36)33-14-8-3-9-15-33)16-21-18-25-26(40-20-39-25)19-23(21)28(35)32-12-6-2-7-13-32/h16-19H,1-15,20H2,(H,37,38)/b22-16?,24-17+. The van der Waals surface area contributed by atoms with Crippen molar-refractivity contribution < 1.29 is 33.8 Å². The molecule has 4 heterocycles. The zero-order valence-electron chi connectivity index (χ0n) is 22.9. The average molecular weight is 552 g/mol. The summed E-state index contributed by atoms with van der Waals surface area (Å²) in [5, 5.41) is 10.1. The third-order valence-electron chi connectivity index (χ3n) is 8.02. The van der Waals surface area contributed by atoms with Gasteiger partial charge >= 0.3 is 5.97 Å². The highest BCUT2D eigenvalue weighted by molar-refractivity contribution is 6.18. The number of piperidine rings is 3. The van der Waals surface area contributed by atoms with E-state index in [-0.39, 0.29) is 24.2 Å². The van der Waals surface area contributed by atoms with Crippen LogP contribution in [0.15, 0.2) is 29.4 Å². The number of hydrogen-bond acceptors (Lipinski definition) is 6. The SMILES string of the molecule is O=C(O)/C(=C/C(=Cc1cc2c(cc1C(=O)N1CCCCC1)OCO2)C(=O)N1CCCCC1)C(=O)N1CCCCC1. The lowest BCUT2D eigenvalue weighted by molar-refractivity contribution is -0.138. The smallest absolute Gasteiger partial charge is 0.341 e. The van der Waals surface area contributed by atoms with Crippen LogP contribution >= 0.6 is 0 Å². The van der Waals surface area contributed by atoms with Crippen LogP contribution in [0.25, 0.3) is 6.08 Å². The van der Waals surface area contributed by atoms with Gasteiger partial charge in [0.1, 0.15) is 5.57 Å². The van der Waals surface area contributed by atoms with Gasteiger partial charge in [0.15, 0.2) is 11.5 Å². The van der Waals surface area contributed by atoms with E-state index >= 15 is 0 Å². The third-order valence-corrected chi connectivity index (χ3v) is 8.02. The fourth-order valence-electron chi connectivity index (χ4n) is 5.78. The van der Waals surface area contributed by atoms with Crippen LogP contribution in [0.1, 0.15) is 73.7 Å². The number of amides is 3. The quantitative estimate of drug-likeness (QED) is 0.249. The summed E-state index contributed by atoms with van der Waals surface area (Å²) >= 11 is 0. The number of fused-ring (bicyclic) bond motifs is 1. The molecule has 0 spiro atoms. The first-order chi connectivity index (χ1) is 19.4. The van der Waals surface area contributed by atoms with Gasteiger partial charge in [-0.2, -0.15) is 0 Å². The van der Waals surface area contributed by atoms with Crippen molar-refractivity contribution in [1.29, 1.82) is 0 Å². The fraction of sp³-hybridized carbons (Fsp3) is 0.533. The Morgan fingerprint density at radius 3 is 1.73 bits per heavy atom. The van der Waals surface area contributed by atoms with E-state index in [1.165, 1.54) is 12.2 Å². The molecule has 10 nitrogen and oxygen atoms in total. The summed E-state index contributed by atoms with van der Waals surface area (Å²) in [4.78, 5) is 58.1. The predicted octanol–water partition coefficient (Wildman–Crippen LogP) is 3.46. The molecule has 1 aromatic carbocycles. The van der Waals surface area contributed by atoms with Gasteiger partial charge in [-0.1, -0.05) is 0 Å². The first-order valence-corrected chi connectivity index (χ1v) is 14.4. The number of carbonyl (C=O) groups excluding carboxylic acids is 3. The van der Waals surface area contributed by atoms with Crippen molar-refractivity contribution in [3.8, 4) is 11.5 Å². The first kappa shape index (κ1) is 27.7. The number of hydrogen-bond donors (Lipinski definition) is 1. The third kappa shape index (κ3) is 6.16. The lowest BCUT2D eigenvalue weighted by Gasteiger charge is -2.29. The number of carbonyl (C=O) groups is 4. The second-order valence-corrected chi connectivity index (χ2v) is 10.8. The molecule has 0 aliphatic carbocycles. The van der Waals surface area contributed by atoms with Crippen molar-refractivity contribution in [3.05, 3.63) is 40.5 Å². The number of aliphatic carboxylic acids is 1. The molecular weight excluding hydrogens is 514 g/mol. The summed E-state index contributed by atoms with van der Waals surface area (Å²) in [6.07, 6.45) is 11.0. The molecule has 0 atom stereocenters. The normalized spacial score (nSPS) is 19.9. The second-order valence-electron chi connectivity index (χ2n) is 10.8. The van der Waals surface area contributed by atoms with E-state index in [1.807, 2.05) is 0 Å². The minimum atomic E-state index is -1.39. The minimum Gasteiger partial charge on any atom is -0.477 e. The van der Waals surface area contributed by atoms with Gasteiger partial charge in [-0.3, -0.25) is 14.4 Å². The van der Waals surface area contributed by atoms with Gasteiger partial charge in [0.25, 0.3) is 17.7 Å². The zero-order valence-corrected chi connectivity index (χ0v) is 22.9. The lowest BCUT2D eigenvalue weighted by Crippen LogP contribution is -2.39. The van der Waals surface area contributed by atoms with Crippen molar-refractivity contribution in [2.45, 2.75) is 57.8 Å². The minimum absolute atomic E-state index is 0.0206. The van der Waals surface area contributed by atoms with Gasteiger partial charge in [-0.15, -0.1) is 0 Å². The Labute approximate surface area is 234 Å². The summed E-state index contributed by atoms with van der Waals surface area (Å²) < 4.78 is 11.1. The Balaban J connectivity index is 1.59. The molecule has 4 aliphatic rings. The molecule has 5 rings (SSSR count). The van der Waals surface area contributed by atoms with E-state index in [9.17, 15) is 24.3 Å². The highest BCUT2D eigenvalue weighted by atomic mass is 16.7. The Kier molecular flexibility index (Phi) is 8.72. The van der Waals surface area contributed by atoms with Crippen LogP contribution in [0.3, 0.4) is 0 Å². The predicted molar refractivity (Wildman–Crippen MR) is 147 cm³/mol. The van der Waals surface area contributed by atoms with E-state index in [2.05, 4.69) is 0 Å². The maximum atomic E-state index is 13.8. The lowest BCUT2D eigenvalue weighted by atomic mass is 9.98. The van der Waals surface area contributed by atoms with Crippen LogP contribution in [0.2, 0.25) is 0 Å². The molecule has 0 saturated carbocycles. The monoisotopic (exact) mass is 551 g/mol. The molecule has 0 bridgehead atoms. The van der Waals surface area contributed by atoms with Crippen LogP contribution in [-0.4, -0.2) is 89.6 Å². The average Bonchev–Trinajstić information content (AvgIpc) is 3.46. The topological polar surface area (TPSA) is 117 Å². The van der Waals surface area contributed by atoms with Crippen molar-refractivity contribution in [3.63, 3.8) is 0 Å². The number of ether oxygens (including phenoxy) is 2. The van der Waals surface area contributed by atoms with Crippen LogP contribution < -0.4 is 9.47 Å². The summed E-state index contributed by atoms with van der Waals surface area (Å²) in [6.45, 7) is 3.37. The molecule has 0 aromatic heterocycles. The molecule has 3 amide bonds. The van der Waals surface area contributed by atoms with Crippen LogP contribution in [0, 0.1) is 0 Å². The molecule has 3 fully saturated rings. The molecular formula is C30H37N3O7. The molecule has 4 aliphatic heterocycles. The van der Waals surface area contributed by atoms with Crippen molar-refractivity contribution in [2.24, 2.45) is 0 Å². The van der Waals surface area contributed by atoms with Gasteiger partial charge in [0, 0.05) is 44.8 Å². The van der Waals surface area contributed by atoms with E-state index in [0.29, 0.717) is 61.9 Å². The largest absolute Gasteiger partial charge is 0.477 e. The first-order valence-electron chi connectivity index (χ1n) is 14.4. The molecule has 3 saturated heterocycles. The number of carboxylic acids is 1. The van der Waals surface area contributed by atoms with E-state index in [0.717, 1.165) is 57.8 Å². The Hall–Kier alpha value is -3.82. The maximum absolute atomic E-state index is 13.8. The number of benzene rings is 1. The van der Waals surface area contributed by atoms with E-state index in [1.54, 1.807) is 26.8 Å². The molecule has 1 aromatic rings. The molecule has 40 heavy (non-hydrogen) atoms. The fourth-order valence-corrected chi connectivity index (χ4v) is 5.78. The Morgan fingerprint density at radius 2 is 1.18 bits per heavy atom. The summed E-state index contributed by atoms with van der Waals surface area (Å²) in [7, 11) is 0. The van der Waals surface area contributed by atoms with Crippen LogP contribution in [-0.2, 0) is 14.4 Å². The summed E-state index contributed by atoms with van der Waals surface area (Å²) in [5.74, 6) is -1.63. The van der Waals surface area contributed by atoms with Gasteiger partial charge in [0.05, 0.1) is 5.56 Å². The summed E-state index contributed by atoms with van der Waals surface area (Å²) in [5.41, 5.74) is 0.369. The molecule has 0 radical (unpaired) electrons.